The average Bonchev–Trinajstić information content (AvgIpc) is 4.11. The molecule has 0 aliphatic heterocycles. The summed E-state index contributed by atoms with van der Waals surface area (Å²) >= 11 is 3.73. The van der Waals surface area contributed by atoms with Crippen molar-refractivity contribution in [1.29, 1.82) is 0 Å². The Kier molecular flexibility index (Phi) is 10.8. The van der Waals surface area contributed by atoms with Gasteiger partial charge < -0.3 is 0 Å². The van der Waals surface area contributed by atoms with Crippen LogP contribution in [-0.4, -0.2) is 0 Å². The first-order valence-electron chi connectivity index (χ1n) is 23.8. The van der Waals surface area contributed by atoms with Gasteiger partial charge >= 0.3 is 0 Å². The molecule has 0 spiro atoms. The van der Waals surface area contributed by atoms with Gasteiger partial charge in [-0.25, -0.2) is 0 Å². The molecule has 0 N–H and O–H groups in total. The molecule has 2 heterocycles. The van der Waals surface area contributed by atoms with Crippen molar-refractivity contribution in [3.05, 3.63) is 247 Å². The maximum Gasteiger partial charge on any atom is 0.102 e. The van der Waals surface area contributed by atoms with E-state index in [1.165, 1.54) is 114 Å². The summed E-state index contributed by atoms with van der Waals surface area (Å²) in [5.41, 5.74) is 18.7. The predicted octanol–water partition coefficient (Wildman–Crippen LogP) is 19.5. The number of anilines is 3. The molecule has 1 nitrogen and oxygen atoms in total. The molecule has 3 heteroatoms. The second-order valence-electron chi connectivity index (χ2n) is 17.8. The first-order chi connectivity index (χ1) is 33.6. The Balaban J connectivity index is 1.01. The van der Waals surface area contributed by atoms with Gasteiger partial charge in [0.25, 0.3) is 0 Å². The normalized spacial score (nSPS) is 12.7. The summed E-state index contributed by atoms with van der Waals surface area (Å²) in [7, 11) is 0. The van der Waals surface area contributed by atoms with Crippen LogP contribution in [0.2, 0.25) is 0 Å². The fourth-order valence-electron chi connectivity index (χ4n) is 10.9. The molecule has 68 heavy (non-hydrogen) atoms. The van der Waals surface area contributed by atoms with Crippen molar-refractivity contribution in [2.24, 2.45) is 0 Å². The molecule has 0 radical (unpaired) electrons. The van der Waals surface area contributed by atoms with E-state index in [1.807, 2.05) is 22.7 Å². The van der Waals surface area contributed by atoms with Crippen LogP contribution >= 0.6 is 22.7 Å². The van der Waals surface area contributed by atoms with E-state index < -0.39 is 0 Å². The summed E-state index contributed by atoms with van der Waals surface area (Å²) in [5.74, 6) is 0. The van der Waals surface area contributed by atoms with E-state index in [2.05, 4.69) is 255 Å². The predicted molar refractivity (Wildman–Crippen MR) is 296 cm³/mol. The van der Waals surface area contributed by atoms with E-state index in [4.69, 9.17) is 0 Å². The summed E-state index contributed by atoms with van der Waals surface area (Å²) in [6, 6.07) is 82.9. The number of rotatable bonds is 11. The molecule has 1 aliphatic rings. The van der Waals surface area contributed by atoms with Crippen LogP contribution in [-0.2, 0) is 5.41 Å². The Hall–Kier alpha value is -7.56. The first-order valence-corrected chi connectivity index (χ1v) is 25.4. The second-order valence-corrected chi connectivity index (χ2v) is 20.0. The monoisotopic (exact) mass is 907 g/mol. The maximum atomic E-state index is 2.52. The van der Waals surface area contributed by atoms with Crippen molar-refractivity contribution < 1.29 is 0 Å². The molecule has 0 atom stereocenters. The molecular weight excluding hydrogens is 859 g/mol. The van der Waals surface area contributed by atoms with Gasteiger partial charge in [-0.3, -0.25) is 4.90 Å². The van der Waals surface area contributed by atoms with Crippen molar-refractivity contribution in [1.82, 2.24) is 0 Å². The third kappa shape index (κ3) is 7.22. The molecular formula is C65H49NS2. The Morgan fingerprint density at radius 3 is 1.41 bits per heavy atom. The minimum Gasteiger partial charge on any atom is -0.293 e. The SMILES string of the molecule is CCC1(CC)c2cc(/C=C/c3cc(-c4ccccc4)c(-c4ccccc4)c(-c4ccccc4)c3-c3ccccc3)ccc2-c2ccc(N(c3cc4ccccc4s3)c3cc4ccccc4s3)cc21. The van der Waals surface area contributed by atoms with Crippen molar-refractivity contribution in [2.75, 3.05) is 4.90 Å². The van der Waals surface area contributed by atoms with Crippen LogP contribution in [0.5, 0.6) is 0 Å². The Morgan fingerprint density at radius 2 is 0.868 bits per heavy atom. The van der Waals surface area contributed by atoms with Gasteiger partial charge in [0.2, 0.25) is 0 Å². The van der Waals surface area contributed by atoms with Gasteiger partial charge in [0.05, 0.1) is 0 Å². The fraction of sp³-hybridized carbons (Fsp3) is 0.0769. The van der Waals surface area contributed by atoms with Crippen LogP contribution in [0.4, 0.5) is 15.7 Å². The quantitative estimate of drug-likeness (QED) is 0.117. The number of fused-ring (bicyclic) bond motifs is 5. The number of nitrogens with zero attached hydrogens (tertiary/aromatic N) is 1. The highest BCUT2D eigenvalue weighted by atomic mass is 32.1. The molecule has 0 amide bonds. The third-order valence-electron chi connectivity index (χ3n) is 14.2. The standard InChI is InChI=1S/C65H49NS2/c1-3-65(4-2)56-39-44(34-37-53(56)54-38-36-52(43-57(54)65)66(60-41-49-29-17-19-31-58(49)67-60)61-42-50-30-18-20-32-59(50)68-61)33-35-51-40-55(45-21-9-5-10-22-45)63(47-25-13-7-14-26-47)64(48-27-15-8-16-28-48)62(51)46-23-11-6-12-24-46/h5-43H,3-4H2,1-2H3/b35-33+. The lowest BCUT2D eigenvalue weighted by atomic mass is 9.73. The maximum absolute atomic E-state index is 2.52. The summed E-state index contributed by atoms with van der Waals surface area (Å²) in [6.45, 7) is 4.76. The highest BCUT2D eigenvalue weighted by Crippen LogP contribution is 2.56. The highest BCUT2D eigenvalue weighted by Gasteiger charge is 2.41. The van der Waals surface area contributed by atoms with Gasteiger partial charge in [0, 0.05) is 20.5 Å². The number of benzene rings is 9. The molecule has 11 aromatic rings. The Morgan fingerprint density at radius 1 is 0.397 bits per heavy atom. The Bertz CT molecular complexity index is 3490. The smallest absolute Gasteiger partial charge is 0.102 e. The van der Waals surface area contributed by atoms with E-state index >= 15 is 0 Å². The number of hydrogen-bond donors (Lipinski definition) is 0. The zero-order chi connectivity index (χ0) is 45.6. The van der Waals surface area contributed by atoms with E-state index in [9.17, 15) is 0 Å². The first kappa shape index (κ1) is 41.8. The van der Waals surface area contributed by atoms with Crippen LogP contribution < -0.4 is 4.90 Å². The number of hydrogen-bond acceptors (Lipinski definition) is 3. The van der Waals surface area contributed by atoms with E-state index in [1.54, 1.807) is 0 Å². The zero-order valence-electron chi connectivity index (χ0n) is 38.2. The molecule has 12 rings (SSSR count). The summed E-state index contributed by atoms with van der Waals surface area (Å²) in [6.07, 6.45) is 6.73. The molecule has 2 aromatic heterocycles. The van der Waals surface area contributed by atoms with Crippen LogP contribution in [0.25, 0.3) is 88.0 Å². The van der Waals surface area contributed by atoms with E-state index in [-0.39, 0.29) is 5.41 Å². The molecule has 0 saturated carbocycles. The van der Waals surface area contributed by atoms with Gasteiger partial charge in [0.1, 0.15) is 10.0 Å². The lowest BCUT2D eigenvalue weighted by molar-refractivity contribution is 0.490. The van der Waals surface area contributed by atoms with Gasteiger partial charge in [-0.05, 0) is 144 Å². The van der Waals surface area contributed by atoms with Gasteiger partial charge in [-0.15, -0.1) is 22.7 Å². The second kappa shape index (κ2) is 17.6. The zero-order valence-corrected chi connectivity index (χ0v) is 39.8. The lowest BCUT2D eigenvalue weighted by Crippen LogP contribution is -2.23. The van der Waals surface area contributed by atoms with Crippen LogP contribution in [0.15, 0.2) is 224 Å². The van der Waals surface area contributed by atoms with Crippen molar-refractivity contribution >= 4 is 70.7 Å². The van der Waals surface area contributed by atoms with Gasteiger partial charge in [-0.2, -0.15) is 0 Å². The topological polar surface area (TPSA) is 3.24 Å². The van der Waals surface area contributed by atoms with E-state index in [0.717, 1.165) is 12.8 Å². The lowest BCUT2D eigenvalue weighted by Gasteiger charge is -2.31. The average molecular weight is 908 g/mol. The van der Waals surface area contributed by atoms with Crippen molar-refractivity contribution in [3.8, 4) is 55.6 Å². The molecule has 0 saturated heterocycles. The van der Waals surface area contributed by atoms with Crippen molar-refractivity contribution in [3.63, 3.8) is 0 Å². The van der Waals surface area contributed by atoms with Gasteiger partial charge in [0.15, 0.2) is 0 Å². The summed E-state index contributed by atoms with van der Waals surface area (Å²) < 4.78 is 2.60. The van der Waals surface area contributed by atoms with Crippen LogP contribution in [0, 0.1) is 0 Å². The van der Waals surface area contributed by atoms with Crippen LogP contribution in [0.3, 0.4) is 0 Å². The molecule has 326 valence electrons. The molecule has 1 aliphatic carbocycles. The highest BCUT2D eigenvalue weighted by molar-refractivity contribution is 7.25. The third-order valence-corrected chi connectivity index (χ3v) is 16.4. The molecule has 0 fully saturated rings. The summed E-state index contributed by atoms with van der Waals surface area (Å²) in [4.78, 5) is 2.50. The van der Waals surface area contributed by atoms with E-state index in [0.29, 0.717) is 0 Å². The minimum atomic E-state index is -0.135. The molecule has 9 aromatic carbocycles. The Labute approximate surface area is 407 Å². The largest absolute Gasteiger partial charge is 0.293 e. The summed E-state index contributed by atoms with van der Waals surface area (Å²) in [5, 5.41) is 5.02. The molecule has 0 bridgehead atoms. The number of thiophene rings is 2. The van der Waals surface area contributed by atoms with Crippen molar-refractivity contribution in [2.45, 2.75) is 32.1 Å². The minimum absolute atomic E-state index is 0.135. The van der Waals surface area contributed by atoms with Gasteiger partial charge in [-0.1, -0.05) is 208 Å². The fourth-order valence-corrected chi connectivity index (χ4v) is 13.1. The molecule has 0 unspecified atom stereocenters. The van der Waals surface area contributed by atoms with Crippen LogP contribution in [0.1, 0.15) is 48.9 Å².